The van der Waals surface area contributed by atoms with Crippen LogP contribution in [0.4, 0.5) is 0 Å². The number of benzene rings is 1. The monoisotopic (exact) mass is 279 g/mol. The average molecular weight is 280 g/mol. The van der Waals surface area contributed by atoms with E-state index in [4.69, 9.17) is 23.1 Å². The minimum absolute atomic E-state index is 0.122. The molecular weight excluding hydrogens is 266 g/mol. The van der Waals surface area contributed by atoms with Gasteiger partial charge in [-0.25, -0.2) is 0 Å². The molecule has 0 aliphatic carbocycles. The van der Waals surface area contributed by atoms with E-state index in [2.05, 4.69) is 4.98 Å². The summed E-state index contributed by atoms with van der Waals surface area (Å²) in [4.78, 5) is 24.0. The molecule has 100 valence electrons. The van der Waals surface area contributed by atoms with Crippen molar-refractivity contribution in [2.45, 2.75) is 18.3 Å². The molecule has 0 aliphatic rings. The Balaban J connectivity index is 2.52. The third-order valence-electron chi connectivity index (χ3n) is 2.93. The highest BCUT2D eigenvalue weighted by atomic mass is 35.5. The molecule has 1 atom stereocenters. The maximum absolute atomic E-state index is 11.9. The molecule has 1 unspecified atom stereocenters. The number of amides is 1. The van der Waals surface area contributed by atoms with Crippen LogP contribution in [0.1, 0.15) is 11.1 Å². The van der Waals surface area contributed by atoms with Gasteiger partial charge in [0.25, 0.3) is 11.5 Å². The van der Waals surface area contributed by atoms with E-state index in [0.717, 1.165) is 16.5 Å². The molecule has 1 amide bonds. The van der Waals surface area contributed by atoms with E-state index in [0.29, 0.717) is 5.56 Å². The smallest absolute Gasteiger partial charge is 0.253 e. The van der Waals surface area contributed by atoms with Gasteiger partial charge in [0.1, 0.15) is 0 Å². The highest BCUT2D eigenvalue weighted by Gasteiger charge is 2.30. The number of rotatable bonds is 3. The minimum atomic E-state index is -1.76. The van der Waals surface area contributed by atoms with Gasteiger partial charge in [0.05, 0.1) is 0 Å². The van der Waals surface area contributed by atoms with Crippen molar-refractivity contribution < 1.29 is 4.79 Å². The van der Waals surface area contributed by atoms with Crippen LogP contribution in [0.2, 0.25) is 0 Å². The summed E-state index contributed by atoms with van der Waals surface area (Å²) in [6, 6.07) is 7.32. The number of nitrogens with two attached hydrogens (primary N) is 2. The molecule has 2 rings (SSSR count). The highest BCUT2D eigenvalue weighted by molar-refractivity contribution is 6.34. The summed E-state index contributed by atoms with van der Waals surface area (Å²) < 4.78 is 0. The molecule has 0 saturated heterocycles. The Morgan fingerprint density at radius 3 is 2.74 bits per heavy atom. The molecule has 5 N–H and O–H groups in total. The predicted molar refractivity (Wildman–Crippen MR) is 75.0 cm³/mol. The number of H-pyrrole nitrogens is 1. The number of alkyl halides is 1. The van der Waals surface area contributed by atoms with Crippen molar-refractivity contribution in [3.05, 3.63) is 45.7 Å². The number of halogens is 1. The molecule has 0 aliphatic heterocycles. The summed E-state index contributed by atoms with van der Waals surface area (Å²) in [6.07, 6.45) is -0.122. The Bertz CT molecular complexity index is 707. The molecule has 0 spiro atoms. The number of hydrogen-bond acceptors (Lipinski definition) is 3. The molecule has 0 radical (unpaired) electrons. The highest BCUT2D eigenvalue weighted by Crippen LogP contribution is 2.17. The van der Waals surface area contributed by atoms with Gasteiger partial charge < -0.3 is 16.5 Å². The van der Waals surface area contributed by atoms with E-state index < -0.39 is 10.9 Å². The van der Waals surface area contributed by atoms with Crippen molar-refractivity contribution >= 4 is 28.4 Å². The lowest BCUT2D eigenvalue weighted by molar-refractivity contribution is -0.120. The summed E-state index contributed by atoms with van der Waals surface area (Å²) >= 11 is 5.81. The Kier molecular flexibility index (Phi) is 3.34. The molecule has 2 aromatic rings. The fourth-order valence-corrected chi connectivity index (χ4v) is 2.01. The molecular formula is C13H14ClN3O2. The van der Waals surface area contributed by atoms with Crippen LogP contribution in [-0.2, 0) is 11.2 Å². The predicted octanol–water partition coefficient (Wildman–Crippen LogP) is 0.758. The second-order valence-corrected chi connectivity index (χ2v) is 5.29. The zero-order chi connectivity index (χ0) is 14.2. The number of primary amides is 1. The van der Waals surface area contributed by atoms with Gasteiger partial charge in [-0.05, 0) is 30.5 Å². The number of pyridine rings is 1. The van der Waals surface area contributed by atoms with Gasteiger partial charge in [-0.3, -0.25) is 9.59 Å². The normalized spacial score (nSPS) is 14.3. The number of aromatic nitrogens is 1. The van der Waals surface area contributed by atoms with Crippen LogP contribution in [0.5, 0.6) is 0 Å². The molecule has 5 nitrogen and oxygen atoms in total. The van der Waals surface area contributed by atoms with E-state index in [9.17, 15) is 9.59 Å². The van der Waals surface area contributed by atoms with Crippen molar-refractivity contribution in [3.63, 3.8) is 0 Å². The number of hydrogen-bond donors (Lipinski definition) is 3. The Morgan fingerprint density at radius 1 is 1.42 bits per heavy atom. The number of nitrogens with one attached hydrogen (secondary N) is 1. The van der Waals surface area contributed by atoms with E-state index in [-0.39, 0.29) is 12.0 Å². The Morgan fingerprint density at radius 2 is 2.11 bits per heavy atom. The summed E-state index contributed by atoms with van der Waals surface area (Å²) in [6.45, 7) is 1.95. The van der Waals surface area contributed by atoms with Gasteiger partial charge in [-0.15, -0.1) is 0 Å². The van der Waals surface area contributed by atoms with Crippen LogP contribution >= 0.6 is 11.6 Å². The number of carbonyl (C=O) groups is 1. The second-order valence-electron chi connectivity index (χ2n) is 4.62. The first-order chi connectivity index (χ1) is 8.79. The van der Waals surface area contributed by atoms with Crippen LogP contribution in [0.15, 0.2) is 29.1 Å². The van der Waals surface area contributed by atoms with Crippen LogP contribution in [-0.4, -0.2) is 15.9 Å². The van der Waals surface area contributed by atoms with Gasteiger partial charge in [-0.1, -0.05) is 23.2 Å². The molecule has 19 heavy (non-hydrogen) atoms. The van der Waals surface area contributed by atoms with Crippen molar-refractivity contribution in [2.24, 2.45) is 11.5 Å². The Labute approximate surface area is 114 Å². The van der Waals surface area contributed by atoms with Gasteiger partial charge in [-0.2, -0.15) is 0 Å². The molecule has 1 heterocycles. The maximum atomic E-state index is 11.9. The van der Waals surface area contributed by atoms with Crippen LogP contribution < -0.4 is 17.0 Å². The number of carbonyl (C=O) groups excluding carboxylic acids is 1. The van der Waals surface area contributed by atoms with Crippen molar-refractivity contribution in [2.75, 3.05) is 0 Å². The third kappa shape index (κ3) is 2.77. The van der Waals surface area contributed by atoms with Gasteiger partial charge in [0.2, 0.25) is 0 Å². The van der Waals surface area contributed by atoms with Crippen molar-refractivity contribution in [1.82, 2.24) is 4.98 Å². The van der Waals surface area contributed by atoms with Gasteiger partial charge in [0, 0.05) is 17.5 Å². The zero-order valence-electron chi connectivity index (χ0n) is 10.4. The number of aromatic amines is 1. The molecule has 1 aromatic carbocycles. The lowest BCUT2D eigenvalue weighted by atomic mass is 10.0. The van der Waals surface area contributed by atoms with Crippen LogP contribution in [0.25, 0.3) is 10.9 Å². The topological polar surface area (TPSA) is 102 Å². The number of aryl methyl sites for hydroxylation is 1. The first kappa shape index (κ1) is 13.6. The van der Waals surface area contributed by atoms with E-state index in [1.165, 1.54) is 0 Å². The largest absolute Gasteiger partial charge is 0.367 e. The van der Waals surface area contributed by atoms with Gasteiger partial charge >= 0.3 is 0 Å². The van der Waals surface area contributed by atoms with E-state index >= 15 is 0 Å². The lowest BCUT2D eigenvalue weighted by Gasteiger charge is -2.17. The van der Waals surface area contributed by atoms with Gasteiger partial charge in [0.15, 0.2) is 5.00 Å². The lowest BCUT2D eigenvalue weighted by Crippen LogP contribution is -2.49. The first-order valence-electron chi connectivity index (χ1n) is 5.70. The van der Waals surface area contributed by atoms with Crippen LogP contribution in [0.3, 0.4) is 0 Å². The second kappa shape index (κ2) is 4.68. The molecule has 0 saturated carbocycles. The zero-order valence-corrected chi connectivity index (χ0v) is 11.1. The first-order valence-corrected chi connectivity index (χ1v) is 6.08. The minimum Gasteiger partial charge on any atom is -0.367 e. The molecule has 0 fully saturated rings. The quantitative estimate of drug-likeness (QED) is 0.571. The van der Waals surface area contributed by atoms with Crippen LogP contribution in [0, 0.1) is 6.92 Å². The van der Waals surface area contributed by atoms with Crippen molar-refractivity contribution in [3.8, 4) is 0 Å². The summed E-state index contributed by atoms with van der Waals surface area (Å²) in [5, 5.41) is 0.853. The fourth-order valence-electron chi connectivity index (χ4n) is 1.87. The summed E-state index contributed by atoms with van der Waals surface area (Å²) in [5.41, 5.74) is 12.5. The van der Waals surface area contributed by atoms with E-state index in [1.54, 1.807) is 6.07 Å². The fraction of sp³-hybridized carbons (Fsp3) is 0.231. The molecule has 0 bridgehead atoms. The standard InChI is InChI=1S/C13H14ClN3O2/c1-7-2-3-10-8(4-7)5-9(11(18)17-10)6-13(14,16)12(15)19/h2-5H,6,16H2,1H3,(H2,15,19)(H,17,18). The van der Waals surface area contributed by atoms with E-state index in [1.807, 2.05) is 25.1 Å². The summed E-state index contributed by atoms with van der Waals surface area (Å²) in [7, 11) is 0. The third-order valence-corrected chi connectivity index (χ3v) is 3.25. The number of fused-ring (bicyclic) bond motifs is 1. The molecule has 1 aromatic heterocycles. The maximum Gasteiger partial charge on any atom is 0.253 e. The average Bonchev–Trinajstić information content (AvgIpc) is 2.30. The SMILES string of the molecule is Cc1ccc2[nH]c(=O)c(CC(N)(Cl)C(N)=O)cc2c1. The Hall–Kier alpha value is -1.85. The summed E-state index contributed by atoms with van der Waals surface area (Å²) in [5.74, 6) is -0.863. The van der Waals surface area contributed by atoms with Crippen molar-refractivity contribution in [1.29, 1.82) is 0 Å². The molecule has 6 heteroatoms.